The van der Waals surface area contributed by atoms with Gasteiger partial charge in [0.25, 0.3) is 6.71 Å². The van der Waals surface area contributed by atoms with E-state index in [-0.39, 0.29) is 39.3 Å². The summed E-state index contributed by atoms with van der Waals surface area (Å²) in [5.74, 6) is 1.45. The van der Waals surface area contributed by atoms with Crippen LogP contribution >= 0.6 is 0 Å². The molecule has 0 spiro atoms. The third kappa shape index (κ3) is 13.2. The topological polar surface area (TPSA) is 50.1 Å². The lowest BCUT2D eigenvalue weighted by atomic mass is 9.33. The summed E-state index contributed by atoms with van der Waals surface area (Å²) in [6, 6.07) is 102. The Morgan fingerprint density at radius 1 is 0.272 bits per heavy atom. The quantitative estimate of drug-likeness (QED) is 0.121. The van der Waals surface area contributed by atoms with E-state index in [0.717, 1.165) is 134 Å². The molecule has 6 nitrogen and oxygen atoms in total. The molecule has 2 aliphatic heterocycles. The highest BCUT2D eigenvalue weighted by molar-refractivity contribution is 7.00. The fourth-order valence-electron chi connectivity index (χ4n) is 16.9. The van der Waals surface area contributed by atoms with E-state index in [9.17, 15) is 5.48 Å². The van der Waals surface area contributed by atoms with Gasteiger partial charge in [-0.15, -0.1) is 0 Å². The van der Waals surface area contributed by atoms with E-state index >= 15 is 0 Å². The lowest BCUT2D eigenvalue weighted by Crippen LogP contribution is -2.61. The van der Waals surface area contributed by atoms with Gasteiger partial charge in [0.1, 0.15) is 0 Å². The van der Waals surface area contributed by atoms with Crippen molar-refractivity contribution in [2.75, 3.05) is 9.80 Å². The van der Waals surface area contributed by atoms with Crippen molar-refractivity contribution in [1.29, 1.82) is 0 Å². The largest absolute Gasteiger partial charge is 0.311 e. The van der Waals surface area contributed by atoms with Gasteiger partial charge in [0.15, 0.2) is 17.5 Å². The number of aromatic nitrogens is 4. The monoisotopic (exact) mass is 1480 g/mol. The molecule has 4 heterocycles. The van der Waals surface area contributed by atoms with E-state index in [4.69, 9.17) is 16.3 Å². The molecule has 14 aromatic carbocycles. The van der Waals surface area contributed by atoms with Crippen LogP contribution in [0.3, 0.4) is 0 Å². The summed E-state index contributed by atoms with van der Waals surface area (Å²) in [4.78, 5) is 21.8. The van der Waals surface area contributed by atoms with Crippen LogP contribution in [0.15, 0.2) is 315 Å². The van der Waals surface area contributed by atoms with Crippen molar-refractivity contribution in [3.8, 4) is 95.5 Å². The van der Waals surface area contributed by atoms with Crippen molar-refractivity contribution in [3.63, 3.8) is 0 Å². The molecular formula is C107H97BN6. The van der Waals surface area contributed by atoms with Crippen molar-refractivity contribution in [1.82, 2.24) is 19.5 Å². The van der Waals surface area contributed by atoms with Crippen molar-refractivity contribution in [2.45, 2.75) is 131 Å². The van der Waals surface area contributed by atoms with Crippen molar-refractivity contribution >= 4 is 79.0 Å². The van der Waals surface area contributed by atoms with Gasteiger partial charge in [-0.2, -0.15) is 0 Å². The van der Waals surface area contributed by atoms with Gasteiger partial charge in [-0.1, -0.05) is 340 Å². The maximum Gasteiger partial charge on any atom is 0.252 e. The normalized spacial score (nSPS) is 13.6. The lowest BCUT2D eigenvalue weighted by Gasteiger charge is -2.46. The number of hydrogen-bond donors (Lipinski definition) is 0. The molecule has 0 N–H and O–H groups in total. The molecule has 16 aromatic rings. The zero-order valence-corrected chi connectivity index (χ0v) is 67.9. The molecule has 0 atom stereocenters. The Labute approximate surface area is 680 Å². The summed E-state index contributed by atoms with van der Waals surface area (Å²) in [5, 5.41) is 2.38. The molecule has 0 unspecified atom stereocenters. The summed E-state index contributed by atoms with van der Waals surface area (Å²) in [5.41, 5.74) is 27.2. The number of rotatable bonds is 11. The number of hydrogen-bond acceptors (Lipinski definition) is 5. The van der Waals surface area contributed by atoms with Gasteiger partial charge in [0.05, 0.1) is 29.3 Å². The second-order valence-corrected chi connectivity index (χ2v) is 36.2. The van der Waals surface area contributed by atoms with Crippen LogP contribution in [-0.2, 0) is 27.1 Å². The van der Waals surface area contributed by atoms with Crippen LogP contribution in [0.2, 0.25) is 0 Å². The van der Waals surface area contributed by atoms with E-state index in [2.05, 4.69) is 337 Å². The van der Waals surface area contributed by atoms with Gasteiger partial charge < -0.3 is 14.4 Å². The molecule has 7 heteroatoms. The van der Waals surface area contributed by atoms with E-state index in [1.165, 1.54) is 33.0 Å². The Morgan fingerprint density at radius 3 is 1.20 bits per heavy atom. The summed E-state index contributed by atoms with van der Waals surface area (Å²) < 4.78 is 49.8. The Morgan fingerprint density at radius 2 is 0.684 bits per heavy atom. The minimum Gasteiger partial charge on any atom is -0.311 e. The fourth-order valence-corrected chi connectivity index (χ4v) is 16.9. The molecular weight excluding hydrogens is 1380 g/mol. The molecule has 0 saturated heterocycles. The molecule has 0 saturated carbocycles. The first-order valence-corrected chi connectivity index (χ1v) is 40.0. The fraction of sp³-hybridized carbons (Fsp3) is 0.187. The Bertz CT molecular complexity index is 6560. The molecule has 2 aromatic heterocycles. The summed E-state index contributed by atoms with van der Waals surface area (Å²) >= 11 is 0. The van der Waals surface area contributed by atoms with Gasteiger partial charge in [-0.3, -0.25) is 0 Å². The standard InChI is InChI=1S/C107H97BN6/c1-103(2,3)78-48-54-92-86(63-78)87-64-79(104(4,5)6)49-55-93(87)112(92)83-50-52-90-95(67-83)113(91-53-47-74(68-34-22-16-23-35-68)58-84(91)70-38-26-18-27-39-70)96-60-77(76-56-80(105(7,8)9)62-81(57-76)106(10,11)12)61-97-98(96)108(90)89-51-46-75(69-36-24-17-25-37-69)59-94(89)114(97)99-85(71-40-28-19-29-41-71)65-82(107(13,14)15)66-88(99)102-110-100(72-42-30-20-31-43-72)109-101(111-102)73-44-32-21-33-45-73/h16-67H,1-15H3/i17D,24D,25D,36D,37D. The van der Waals surface area contributed by atoms with Crippen molar-refractivity contribution < 1.29 is 6.85 Å². The second-order valence-electron chi connectivity index (χ2n) is 36.2. The molecule has 0 amide bonds. The minimum atomic E-state index is -0.518. The highest BCUT2D eigenvalue weighted by Crippen LogP contribution is 2.55. The summed E-state index contributed by atoms with van der Waals surface area (Å²) in [6.07, 6.45) is 0. The molecule has 558 valence electrons. The Hall–Kier alpha value is -12.4. The molecule has 0 aliphatic carbocycles. The molecule has 2 aliphatic rings. The van der Waals surface area contributed by atoms with Crippen LogP contribution < -0.4 is 26.2 Å². The molecule has 0 radical (unpaired) electrons. The first-order chi connectivity index (χ1) is 56.7. The maximum absolute atomic E-state index is 9.84. The first-order valence-electron chi connectivity index (χ1n) is 42.5. The Kier molecular flexibility index (Phi) is 16.4. The van der Waals surface area contributed by atoms with Crippen molar-refractivity contribution in [2.24, 2.45) is 0 Å². The zero-order chi connectivity index (χ0) is 83.3. The third-order valence-electron chi connectivity index (χ3n) is 23.3. The van der Waals surface area contributed by atoms with Crippen molar-refractivity contribution in [3.05, 3.63) is 343 Å². The number of anilines is 6. The van der Waals surface area contributed by atoms with Gasteiger partial charge in [-0.25, -0.2) is 15.0 Å². The van der Waals surface area contributed by atoms with Gasteiger partial charge in [-0.05, 0) is 195 Å². The van der Waals surface area contributed by atoms with Crippen LogP contribution in [0, 0.1) is 0 Å². The average molecular weight is 1480 g/mol. The van der Waals surface area contributed by atoms with Gasteiger partial charge >= 0.3 is 0 Å². The molecule has 0 bridgehead atoms. The van der Waals surface area contributed by atoms with Gasteiger partial charge in [0, 0.05) is 67.0 Å². The first kappa shape index (κ1) is 67.3. The SMILES string of the molecule is [2H]c1c([2H])c([2H])c(-c2ccc3c(c2)N(c2c(-c4ccccc4)cc(C(C)(C)C)cc2-c2nc(-c4ccccc4)nc(-c4ccccc4)n2)c2cc(-c4cc(C(C)(C)C)cc(C(C)(C)C)c4)cc4c2B3c2ccc(-n3c5ccc(C(C)(C)C)cc5c5cc(C(C)(C)C)ccc53)cc2N4c2ccc(-c3ccccc3)cc2-c2ccccc2)c([2H])c1[2H]. The smallest absolute Gasteiger partial charge is 0.252 e. The highest BCUT2D eigenvalue weighted by Gasteiger charge is 2.46. The molecule has 114 heavy (non-hydrogen) atoms. The highest BCUT2D eigenvalue weighted by atomic mass is 15.2. The van der Waals surface area contributed by atoms with E-state index in [1.807, 2.05) is 66.7 Å². The number of nitrogens with zero attached hydrogens (tertiary/aromatic N) is 6. The van der Waals surface area contributed by atoms with Crippen LogP contribution in [0.25, 0.3) is 117 Å². The lowest BCUT2D eigenvalue weighted by molar-refractivity contribution is 0.569. The second kappa shape index (κ2) is 27.7. The third-order valence-corrected chi connectivity index (χ3v) is 23.3. The molecule has 18 rings (SSSR count). The molecule has 0 fully saturated rings. The summed E-state index contributed by atoms with van der Waals surface area (Å²) in [7, 11) is 0. The van der Waals surface area contributed by atoms with Crippen LogP contribution in [0.5, 0.6) is 0 Å². The predicted octanol–water partition coefficient (Wildman–Crippen LogP) is 26.9. The van der Waals surface area contributed by atoms with Gasteiger partial charge in [0.2, 0.25) is 0 Å². The van der Waals surface area contributed by atoms with Crippen LogP contribution in [-0.4, -0.2) is 26.2 Å². The Balaban J connectivity index is 1.05. The van der Waals surface area contributed by atoms with Crippen LogP contribution in [0.1, 0.15) is 139 Å². The van der Waals surface area contributed by atoms with E-state index in [0.29, 0.717) is 23.0 Å². The summed E-state index contributed by atoms with van der Waals surface area (Å²) in [6.45, 7) is 33.8. The predicted molar refractivity (Wildman–Crippen MR) is 485 cm³/mol. The maximum atomic E-state index is 9.84. The zero-order valence-electron chi connectivity index (χ0n) is 72.9. The van der Waals surface area contributed by atoms with E-state index < -0.39 is 30.3 Å². The van der Waals surface area contributed by atoms with Crippen LogP contribution in [0.4, 0.5) is 34.1 Å². The minimum absolute atomic E-state index is 0.0967. The number of benzene rings is 14. The average Bonchev–Trinajstić information content (AvgIpc) is 0.863. The number of fused-ring (bicyclic) bond motifs is 7. The van der Waals surface area contributed by atoms with E-state index in [1.54, 1.807) is 0 Å².